The molecule has 1 aliphatic rings. The van der Waals surface area contributed by atoms with Crippen LogP contribution in [0.5, 0.6) is 5.88 Å². The van der Waals surface area contributed by atoms with Crippen LogP contribution in [0.3, 0.4) is 0 Å². The van der Waals surface area contributed by atoms with Crippen LogP contribution >= 0.6 is 23.2 Å². The van der Waals surface area contributed by atoms with Gasteiger partial charge in [-0.15, -0.1) is 0 Å². The lowest BCUT2D eigenvalue weighted by Gasteiger charge is -2.16. The summed E-state index contributed by atoms with van der Waals surface area (Å²) in [5, 5.41) is 10.7. The summed E-state index contributed by atoms with van der Waals surface area (Å²) >= 11 is 14.2. The molecule has 0 saturated carbocycles. The number of aromatic amines is 1. The second-order valence-electron chi connectivity index (χ2n) is 12.4. The Morgan fingerprint density at radius 1 is 0.922 bits per heavy atom. The van der Waals surface area contributed by atoms with Crippen molar-refractivity contribution in [3.63, 3.8) is 0 Å². The molecule has 4 aromatic heterocycles. The van der Waals surface area contributed by atoms with E-state index in [1.54, 1.807) is 36.4 Å². The first-order chi connectivity index (χ1) is 24.9. The van der Waals surface area contributed by atoms with Gasteiger partial charge in [-0.3, -0.25) is 14.0 Å². The summed E-state index contributed by atoms with van der Waals surface area (Å²) in [6.45, 7) is 2.32. The molecule has 5 heterocycles. The van der Waals surface area contributed by atoms with Crippen molar-refractivity contribution in [2.75, 3.05) is 20.2 Å². The van der Waals surface area contributed by atoms with Crippen LogP contribution in [0.15, 0.2) is 90.4 Å². The van der Waals surface area contributed by atoms with Gasteiger partial charge in [0.05, 0.1) is 29.2 Å². The maximum absolute atomic E-state index is 13.3. The molecule has 1 saturated heterocycles. The Morgan fingerprint density at radius 2 is 1.69 bits per heavy atom. The highest BCUT2D eigenvalue weighted by Crippen LogP contribution is 2.42. The molecule has 1 amide bonds. The van der Waals surface area contributed by atoms with Crippen molar-refractivity contribution >= 4 is 34.8 Å². The molecule has 260 valence electrons. The molecule has 51 heavy (non-hydrogen) atoms. The predicted octanol–water partition coefficient (Wildman–Crippen LogP) is 5.83. The SMILES string of the molecule is COc1nc(-c2cccc(-c3cccc(-c4ccn5c(=O)c(CNCCc6cnc[nH]6)cnc5c4)c3Cl)c2Cl)ccc1CNCC1CCC(=O)N1. The molecule has 7 rings (SSSR count). The molecule has 1 aliphatic heterocycles. The zero-order chi connectivity index (χ0) is 35.3. The van der Waals surface area contributed by atoms with Gasteiger partial charge in [-0.1, -0.05) is 65.7 Å². The number of methoxy groups -OCH3 is 1. The fourth-order valence-corrected chi connectivity index (χ4v) is 6.97. The topological polar surface area (TPSA) is 138 Å². The molecule has 0 spiro atoms. The van der Waals surface area contributed by atoms with Gasteiger partial charge in [0, 0.05) is 103 Å². The third-order valence-corrected chi connectivity index (χ3v) is 9.83. The second kappa shape index (κ2) is 15.4. The lowest BCUT2D eigenvalue weighted by molar-refractivity contribution is -0.119. The average Bonchev–Trinajstić information content (AvgIpc) is 3.83. The monoisotopic (exact) mass is 722 g/mol. The van der Waals surface area contributed by atoms with Crippen LogP contribution in [0.25, 0.3) is 39.2 Å². The third-order valence-electron chi connectivity index (χ3n) is 9.02. The molecule has 2 aromatic carbocycles. The molecule has 0 bridgehead atoms. The predicted molar refractivity (Wildman–Crippen MR) is 199 cm³/mol. The van der Waals surface area contributed by atoms with Crippen LogP contribution in [0.1, 0.15) is 29.7 Å². The molecule has 0 radical (unpaired) electrons. The van der Waals surface area contributed by atoms with E-state index in [9.17, 15) is 9.59 Å². The molecule has 6 aromatic rings. The van der Waals surface area contributed by atoms with E-state index in [0.717, 1.165) is 51.9 Å². The molecule has 1 atom stereocenters. The number of pyridine rings is 2. The number of hydrogen-bond acceptors (Lipinski definition) is 8. The van der Waals surface area contributed by atoms with Crippen molar-refractivity contribution in [1.82, 2.24) is 40.3 Å². The number of fused-ring (bicyclic) bond motifs is 1. The second-order valence-corrected chi connectivity index (χ2v) is 13.1. The van der Waals surface area contributed by atoms with Gasteiger partial charge in [0.1, 0.15) is 5.65 Å². The number of ether oxygens (including phenoxy) is 1. The average molecular weight is 724 g/mol. The first-order valence-electron chi connectivity index (χ1n) is 16.7. The van der Waals surface area contributed by atoms with Crippen LogP contribution in [0, 0.1) is 0 Å². The first-order valence-corrected chi connectivity index (χ1v) is 17.5. The van der Waals surface area contributed by atoms with E-state index in [0.29, 0.717) is 65.4 Å². The molecule has 1 fully saturated rings. The van der Waals surface area contributed by atoms with Crippen molar-refractivity contribution in [2.45, 2.75) is 38.4 Å². The third kappa shape index (κ3) is 7.52. The number of hydrogen-bond donors (Lipinski definition) is 4. The number of rotatable bonds is 13. The fraction of sp³-hybridized carbons (Fsp3) is 0.237. The first kappa shape index (κ1) is 34.4. The summed E-state index contributed by atoms with van der Waals surface area (Å²) in [5.41, 5.74) is 7.41. The Labute approximate surface area is 304 Å². The number of amides is 1. The number of nitrogens with one attached hydrogen (secondary N) is 4. The number of H-pyrrole nitrogens is 1. The van der Waals surface area contributed by atoms with Gasteiger partial charge < -0.3 is 25.7 Å². The van der Waals surface area contributed by atoms with Gasteiger partial charge >= 0.3 is 0 Å². The molecular weight excluding hydrogens is 687 g/mol. The highest BCUT2D eigenvalue weighted by atomic mass is 35.5. The molecule has 1 unspecified atom stereocenters. The van der Waals surface area contributed by atoms with E-state index in [1.807, 2.05) is 60.7 Å². The highest BCUT2D eigenvalue weighted by Gasteiger charge is 2.21. The quantitative estimate of drug-likeness (QED) is 0.109. The Balaban J connectivity index is 1.10. The van der Waals surface area contributed by atoms with Crippen molar-refractivity contribution in [3.05, 3.63) is 123 Å². The number of carbonyl (C=O) groups is 1. The largest absolute Gasteiger partial charge is 0.481 e. The van der Waals surface area contributed by atoms with E-state index in [-0.39, 0.29) is 17.5 Å². The summed E-state index contributed by atoms with van der Waals surface area (Å²) in [7, 11) is 1.59. The zero-order valence-corrected chi connectivity index (χ0v) is 29.4. The Morgan fingerprint density at radius 3 is 2.43 bits per heavy atom. The fourth-order valence-electron chi connectivity index (χ4n) is 6.31. The van der Waals surface area contributed by atoms with Gasteiger partial charge in [0.25, 0.3) is 5.56 Å². The normalized spacial score (nSPS) is 14.3. The lowest BCUT2D eigenvalue weighted by atomic mass is 9.97. The maximum Gasteiger partial charge on any atom is 0.262 e. The summed E-state index contributed by atoms with van der Waals surface area (Å²) < 4.78 is 7.19. The Kier molecular flexibility index (Phi) is 10.4. The standard InChI is InChI=1S/C38H36Cl2N8O3/c1-51-37-24(17-42-21-27-9-11-34(49)46-27)8-10-32(47-37)31-7-3-6-30(36(31)40)29-5-2-4-28(35(29)39)23-13-15-48-33(16-23)44-19-25(38(48)50)18-41-14-12-26-20-43-22-45-26/h2-8,10,13,15-16,19-20,22,27,41-42H,9,11-12,14,17-18,21H2,1H3,(H,43,45)(H,46,49). The zero-order valence-electron chi connectivity index (χ0n) is 27.9. The molecule has 0 aliphatic carbocycles. The molecular formula is C38H36Cl2N8O3. The van der Waals surface area contributed by atoms with Crippen molar-refractivity contribution in [3.8, 4) is 39.4 Å². The number of benzene rings is 2. The van der Waals surface area contributed by atoms with Crippen LogP contribution in [-0.4, -0.2) is 56.5 Å². The minimum Gasteiger partial charge on any atom is -0.481 e. The van der Waals surface area contributed by atoms with E-state index in [4.69, 9.17) is 32.9 Å². The Hall–Kier alpha value is -5.07. The minimum atomic E-state index is -0.127. The van der Waals surface area contributed by atoms with Crippen molar-refractivity contribution in [2.24, 2.45) is 0 Å². The van der Waals surface area contributed by atoms with E-state index < -0.39 is 0 Å². The van der Waals surface area contributed by atoms with E-state index in [1.165, 1.54) is 0 Å². The number of halogens is 2. The van der Waals surface area contributed by atoms with Gasteiger partial charge in [-0.05, 0) is 30.2 Å². The lowest BCUT2D eigenvalue weighted by Crippen LogP contribution is -2.35. The van der Waals surface area contributed by atoms with Crippen LogP contribution in [0.4, 0.5) is 0 Å². The van der Waals surface area contributed by atoms with Gasteiger partial charge in [-0.25, -0.2) is 15.0 Å². The van der Waals surface area contributed by atoms with Crippen LogP contribution < -0.4 is 26.2 Å². The van der Waals surface area contributed by atoms with Gasteiger partial charge in [0.15, 0.2) is 0 Å². The molecule has 11 nitrogen and oxygen atoms in total. The summed E-state index contributed by atoms with van der Waals surface area (Å²) in [6, 6.07) is 19.3. The number of aromatic nitrogens is 5. The number of nitrogens with zero attached hydrogens (tertiary/aromatic N) is 4. The van der Waals surface area contributed by atoms with Crippen LogP contribution in [0.2, 0.25) is 10.0 Å². The van der Waals surface area contributed by atoms with Gasteiger partial charge in [-0.2, -0.15) is 0 Å². The van der Waals surface area contributed by atoms with E-state index >= 15 is 0 Å². The van der Waals surface area contributed by atoms with E-state index in [2.05, 4.69) is 30.9 Å². The van der Waals surface area contributed by atoms with Gasteiger partial charge in [0.2, 0.25) is 11.8 Å². The minimum absolute atomic E-state index is 0.0952. The smallest absolute Gasteiger partial charge is 0.262 e. The summed E-state index contributed by atoms with van der Waals surface area (Å²) in [6.07, 6.45) is 8.97. The summed E-state index contributed by atoms with van der Waals surface area (Å²) in [5.74, 6) is 0.590. The van der Waals surface area contributed by atoms with Crippen molar-refractivity contribution in [1.29, 1.82) is 0 Å². The highest BCUT2D eigenvalue weighted by molar-refractivity contribution is 6.39. The molecule has 13 heteroatoms. The number of carbonyl (C=O) groups excluding carboxylic acids is 1. The van der Waals surface area contributed by atoms with Crippen LogP contribution in [-0.2, 0) is 24.3 Å². The summed E-state index contributed by atoms with van der Waals surface area (Å²) in [4.78, 5) is 41.3. The number of imidazole rings is 1. The van der Waals surface area contributed by atoms with Crippen molar-refractivity contribution < 1.29 is 9.53 Å². The Bertz CT molecular complexity index is 2260. The maximum atomic E-state index is 13.3. The molecule has 4 N–H and O–H groups in total.